The van der Waals surface area contributed by atoms with E-state index >= 15 is 0 Å². The van der Waals surface area contributed by atoms with Gasteiger partial charge in [-0.2, -0.15) is 5.10 Å². The second-order valence-corrected chi connectivity index (χ2v) is 6.76. The molecular formula is C15H24N4S. The maximum absolute atomic E-state index is 5.74. The van der Waals surface area contributed by atoms with Gasteiger partial charge in [0.1, 0.15) is 4.99 Å². The zero-order valence-electron chi connectivity index (χ0n) is 12.4. The molecule has 0 atom stereocenters. The average Bonchev–Trinajstić information content (AvgIpc) is 2.84. The molecule has 110 valence electrons. The van der Waals surface area contributed by atoms with Crippen LogP contribution in [0.3, 0.4) is 0 Å². The first-order valence-electron chi connectivity index (χ1n) is 7.38. The Kier molecular flexibility index (Phi) is 4.91. The van der Waals surface area contributed by atoms with Crippen LogP contribution in [0.5, 0.6) is 0 Å². The van der Waals surface area contributed by atoms with E-state index in [1.807, 2.05) is 6.07 Å². The molecule has 0 amide bonds. The molecule has 2 rings (SSSR count). The van der Waals surface area contributed by atoms with Crippen LogP contribution in [-0.4, -0.2) is 21.7 Å². The summed E-state index contributed by atoms with van der Waals surface area (Å²) < 4.78 is 0. The second-order valence-electron chi connectivity index (χ2n) is 6.32. The van der Waals surface area contributed by atoms with E-state index in [1.54, 1.807) is 6.20 Å². The largest absolute Gasteiger partial charge is 0.389 e. The van der Waals surface area contributed by atoms with Crippen molar-refractivity contribution in [2.24, 2.45) is 17.1 Å². The molecule has 0 unspecified atom stereocenters. The smallest absolute Gasteiger partial charge is 0.158 e. The van der Waals surface area contributed by atoms with Gasteiger partial charge in [-0.05, 0) is 36.7 Å². The van der Waals surface area contributed by atoms with Crippen LogP contribution in [0.2, 0.25) is 0 Å². The molecular weight excluding hydrogens is 268 g/mol. The first-order valence-corrected chi connectivity index (χ1v) is 7.79. The number of aromatic nitrogens is 2. The lowest BCUT2D eigenvalue weighted by Crippen LogP contribution is -2.29. The third-order valence-corrected chi connectivity index (χ3v) is 4.34. The lowest BCUT2D eigenvalue weighted by Gasteiger charge is -2.31. The summed E-state index contributed by atoms with van der Waals surface area (Å²) in [5.41, 5.74) is 6.91. The minimum atomic E-state index is 0.367. The molecule has 3 N–H and O–H groups in total. The Balaban J connectivity index is 2.08. The quantitative estimate of drug-likeness (QED) is 0.789. The topological polar surface area (TPSA) is 63.8 Å². The van der Waals surface area contributed by atoms with Gasteiger partial charge >= 0.3 is 0 Å². The van der Waals surface area contributed by atoms with E-state index in [2.05, 4.69) is 29.4 Å². The molecule has 0 spiro atoms. The molecule has 0 radical (unpaired) electrons. The summed E-state index contributed by atoms with van der Waals surface area (Å²) in [7, 11) is 0. The van der Waals surface area contributed by atoms with E-state index in [4.69, 9.17) is 18.0 Å². The molecule has 4 nitrogen and oxygen atoms in total. The zero-order chi connectivity index (χ0) is 14.6. The van der Waals surface area contributed by atoms with E-state index in [1.165, 1.54) is 32.1 Å². The summed E-state index contributed by atoms with van der Waals surface area (Å²) in [5, 5.41) is 11.5. The number of nitrogens with zero attached hydrogens (tertiary/aromatic N) is 2. The number of hydrogen-bond acceptors (Lipinski definition) is 4. The molecule has 0 aromatic carbocycles. The summed E-state index contributed by atoms with van der Waals surface area (Å²) in [4.78, 5) is 0.367. The fraction of sp³-hybridized carbons (Fsp3) is 0.667. The number of anilines is 1. The van der Waals surface area contributed by atoms with Crippen molar-refractivity contribution in [3.8, 4) is 0 Å². The third-order valence-electron chi connectivity index (χ3n) is 4.12. The molecule has 1 fully saturated rings. The predicted octanol–water partition coefficient (Wildman–Crippen LogP) is 3.13. The Bertz CT molecular complexity index is 467. The van der Waals surface area contributed by atoms with Crippen LogP contribution in [0.25, 0.3) is 0 Å². The summed E-state index contributed by atoms with van der Waals surface area (Å²) in [6.07, 6.45) is 8.12. The molecule has 0 aliphatic heterocycles. The SMILES string of the molecule is CC(C)CC1(CNc2nnccc2C(N)=S)CCCC1. The van der Waals surface area contributed by atoms with Crippen molar-refractivity contribution in [2.45, 2.75) is 46.0 Å². The summed E-state index contributed by atoms with van der Waals surface area (Å²) >= 11 is 5.07. The van der Waals surface area contributed by atoms with Gasteiger partial charge in [0.25, 0.3) is 0 Å². The normalized spacial score (nSPS) is 17.4. The maximum Gasteiger partial charge on any atom is 0.158 e. The van der Waals surface area contributed by atoms with Gasteiger partial charge in [0, 0.05) is 6.54 Å². The molecule has 1 aliphatic rings. The number of nitrogens with two attached hydrogens (primary N) is 1. The first-order chi connectivity index (χ1) is 9.52. The number of thiocarbonyl (C=S) groups is 1. The highest BCUT2D eigenvalue weighted by atomic mass is 32.1. The lowest BCUT2D eigenvalue weighted by molar-refractivity contribution is 0.252. The van der Waals surface area contributed by atoms with Gasteiger partial charge in [-0.1, -0.05) is 38.9 Å². The van der Waals surface area contributed by atoms with Gasteiger partial charge in [-0.3, -0.25) is 0 Å². The number of hydrogen-bond donors (Lipinski definition) is 2. The Labute approximate surface area is 126 Å². The van der Waals surface area contributed by atoms with Gasteiger partial charge in [0.15, 0.2) is 5.82 Å². The molecule has 1 aliphatic carbocycles. The van der Waals surface area contributed by atoms with Gasteiger partial charge in [0.2, 0.25) is 0 Å². The Hall–Kier alpha value is -1.23. The summed E-state index contributed by atoms with van der Waals surface area (Å²) in [6.45, 7) is 5.52. The van der Waals surface area contributed by atoms with Crippen LogP contribution in [-0.2, 0) is 0 Å². The van der Waals surface area contributed by atoms with Crippen LogP contribution in [0, 0.1) is 11.3 Å². The van der Waals surface area contributed by atoms with Crippen LogP contribution in [0.4, 0.5) is 5.82 Å². The summed E-state index contributed by atoms with van der Waals surface area (Å²) in [5.74, 6) is 1.43. The molecule has 5 heteroatoms. The minimum absolute atomic E-state index is 0.367. The van der Waals surface area contributed by atoms with Gasteiger partial charge in [-0.15, -0.1) is 5.10 Å². The second kappa shape index (κ2) is 6.48. The van der Waals surface area contributed by atoms with Gasteiger partial charge in [0.05, 0.1) is 11.8 Å². The monoisotopic (exact) mass is 292 g/mol. The molecule has 0 bridgehead atoms. The van der Waals surface area contributed by atoms with Crippen LogP contribution in [0.15, 0.2) is 12.3 Å². The number of rotatable bonds is 6. The highest BCUT2D eigenvalue weighted by Gasteiger charge is 2.34. The van der Waals surface area contributed by atoms with Crippen molar-refractivity contribution in [2.75, 3.05) is 11.9 Å². The van der Waals surface area contributed by atoms with Crippen molar-refractivity contribution >= 4 is 23.0 Å². The molecule has 1 aromatic heterocycles. The average molecular weight is 292 g/mol. The van der Waals surface area contributed by atoms with E-state index in [0.29, 0.717) is 16.3 Å². The van der Waals surface area contributed by atoms with Crippen LogP contribution < -0.4 is 11.1 Å². The molecule has 1 aromatic rings. The maximum atomic E-state index is 5.74. The van der Waals surface area contributed by atoms with Crippen molar-refractivity contribution in [3.63, 3.8) is 0 Å². The summed E-state index contributed by atoms with van der Waals surface area (Å²) in [6, 6.07) is 1.82. The third kappa shape index (κ3) is 3.66. The predicted molar refractivity (Wildman–Crippen MR) is 86.8 cm³/mol. The Morgan fingerprint density at radius 3 is 2.75 bits per heavy atom. The van der Waals surface area contributed by atoms with E-state index in [9.17, 15) is 0 Å². The molecule has 20 heavy (non-hydrogen) atoms. The van der Waals surface area contributed by atoms with Gasteiger partial charge < -0.3 is 11.1 Å². The Morgan fingerprint density at radius 2 is 2.15 bits per heavy atom. The van der Waals surface area contributed by atoms with Crippen molar-refractivity contribution < 1.29 is 0 Å². The number of nitrogens with one attached hydrogen (secondary N) is 1. The standard InChI is InChI=1S/C15H24N4S/c1-11(2)9-15(6-3-4-7-15)10-17-14-12(13(16)20)5-8-18-19-14/h5,8,11H,3-4,6-7,9-10H2,1-2H3,(H2,16,20)(H,17,19). The zero-order valence-corrected chi connectivity index (χ0v) is 13.2. The van der Waals surface area contributed by atoms with Crippen molar-refractivity contribution in [1.29, 1.82) is 0 Å². The first kappa shape index (κ1) is 15.2. The van der Waals surface area contributed by atoms with E-state index in [0.717, 1.165) is 17.9 Å². The van der Waals surface area contributed by atoms with Crippen LogP contribution >= 0.6 is 12.2 Å². The minimum Gasteiger partial charge on any atom is -0.389 e. The fourth-order valence-corrected chi connectivity index (χ4v) is 3.54. The Morgan fingerprint density at radius 1 is 1.45 bits per heavy atom. The molecule has 0 saturated heterocycles. The molecule has 1 heterocycles. The fourth-order valence-electron chi connectivity index (χ4n) is 3.38. The highest BCUT2D eigenvalue weighted by molar-refractivity contribution is 7.80. The van der Waals surface area contributed by atoms with Crippen molar-refractivity contribution in [3.05, 3.63) is 17.8 Å². The van der Waals surface area contributed by atoms with Crippen molar-refractivity contribution in [1.82, 2.24) is 10.2 Å². The highest BCUT2D eigenvalue weighted by Crippen LogP contribution is 2.43. The molecule has 1 saturated carbocycles. The van der Waals surface area contributed by atoms with Gasteiger partial charge in [-0.25, -0.2) is 0 Å². The van der Waals surface area contributed by atoms with E-state index < -0.39 is 0 Å². The van der Waals surface area contributed by atoms with Crippen LogP contribution in [0.1, 0.15) is 51.5 Å². The van der Waals surface area contributed by atoms with E-state index in [-0.39, 0.29) is 0 Å². The lowest BCUT2D eigenvalue weighted by atomic mass is 9.78.